The highest BCUT2D eigenvalue weighted by Gasteiger charge is 2.35. The van der Waals surface area contributed by atoms with Crippen LogP contribution in [0.5, 0.6) is 11.5 Å². The van der Waals surface area contributed by atoms with Gasteiger partial charge in [-0.05, 0) is 80.4 Å². The third-order valence-electron chi connectivity index (χ3n) is 5.15. The average Bonchev–Trinajstić information content (AvgIpc) is 2.77. The van der Waals surface area contributed by atoms with Gasteiger partial charge in [0.2, 0.25) is 0 Å². The van der Waals surface area contributed by atoms with Gasteiger partial charge >= 0.3 is 11.9 Å². The molecule has 3 aliphatic rings. The highest BCUT2D eigenvalue weighted by molar-refractivity contribution is 7.99. The first-order chi connectivity index (χ1) is 14.9. The van der Waals surface area contributed by atoms with Gasteiger partial charge in [0.1, 0.15) is 17.6 Å². The van der Waals surface area contributed by atoms with Crippen molar-refractivity contribution in [3.05, 3.63) is 60.7 Å². The Morgan fingerprint density at radius 3 is 1.87 bits per heavy atom. The Hall–Kier alpha value is -2.97. The summed E-state index contributed by atoms with van der Waals surface area (Å²) < 4.78 is 6.23. The molecule has 3 saturated heterocycles. The molecule has 0 radical (unpaired) electrons. The fourth-order valence-corrected chi connectivity index (χ4v) is 4.41. The molecule has 31 heavy (non-hydrogen) atoms. The van der Waals surface area contributed by atoms with Gasteiger partial charge in [-0.3, -0.25) is 4.90 Å². The molecule has 3 heterocycles. The van der Waals surface area contributed by atoms with E-state index in [9.17, 15) is 14.7 Å². The number of fused-ring (bicyclic) bond motifs is 3. The first-order valence-electron chi connectivity index (χ1n) is 9.99. The molecular formula is C23H25NO6S. The molecule has 8 heteroatoms. The maximum atomic E-state index is 9.55. The number of piperidine rings is 3. The number of nitrogens with zero attached hydrogens (tertiary/aromatic N) is 1. The second-order valence-corrected chi connectivity index (χ2v) is 8.52. The van der Waals surface area contributed by atoms with Gasteiger partial charge in [0.05, 0.1) is 0 Å². The molecule has 0 saturated carbocycles. The van der Waals surface area contributed by atoms with Crippen LogP contribution in [0.4, 0.5) is 0 Å². The van der Waals surface area contributed by atoms with Crippen LogP contribution in [0.1, 0.15) is 12.8 Å². The van der Waals surface area contributed by atoms with Crippen molar-refractivity contribution in [3.8, 4) is 11.5 Å². The van der Waals surface area contributed by atoms with E-state index in [4.69, 9.17) is 14.9 Å². The van der Waals surface area contributed by atoms with Crippen molar-refractivity contribution in [1.29, 1.82) is 0 Å². The van der Waals surface area contributed by atoms with Gasteiger partial charge in [-0.1, -0.05) is 11.8 Å². The maximum Gasteiger partial charge on any atom is 0.328 e. The SMILES string of the molecule is O=C(O)/C=C/C(=O)O.Oc1ccc(Sc2ccc(O[C@H]3CN4CCC3CC4)cc2)cc1. The number of carboxylic acids is 2. The summed E-state index contributed by atoms with van der Waals surface area (Å²) in [4.78, 5) is 23.9. The zero-order valence-electron chi connectivity index (χ0n) is 16.9. The summed E-state index contributed by atoms with van der Waals surface area (Å²) in [7, 11) is 0. The molecule has 2 aromatic carbocycles. The van der Waals surface area contributed by atoms with E-state index in [2.05, 4.69) is 29.2 Å². The first kappa shape index (κ1) is 22.7. The van der Waals surface area contributed by atoms with Gasteiger partial charge in [0.25, 0.3) is 0 Å². The highest BCUT2D eigenvalue weighted by atomic mass is 32.2. The quantitative estimate of drug-likeness (QED) is 0.580. The Labute approximate surface area is 185 Å². The van der Waals surface area contributed by atoms with Crippen LogP contribution in [0.25, 0.3) is 0 Å². The van der Waals surface area contributed by atoms with Gasteiger partial charge in [-0.2, -0.15) is 0 Å². The topological polar surface area (TPSA) is 107 Å². The lowest BCUT2D eigenvalue weighted by atomic mass is 9.86. The number of benzene rings is 2. The molecule has 2 bridgehead atoms. The molecule has 164 valence electrons. The van der Waals surface area contributed by atoms with Crippen molar-refractivity contribution in [1.82, 2.24) is 4.90 Å². The van der Waals surface area contributed by atoms with Crippen LogP contribution in [-0.2, 0) is 9.59 Å². The summed E-state index contributed by atoms with van der Waals surface area (Å²) in [6.45, 7) is 3.56. The van der Waals surface area contributed by atoms with Gasteiger partial charge in [-0.15, -0.1) is 0 Å². The smallest absolute Gasteiger partial charge is 0.328 e. The largest absolute Gasteiger partial charge is 0.508 e. The fourth-order valence-electron chi connectivity index (χ4n) is 3.60. The van der Waals surface area contributed by atoms with Crippen LogP contribution in [-0.4, -0.2) is 57.9 Å². The third kappa shape index (κ3) is 7.34. The first-order valence-corrected chi connectivity index (χ1v) is 10.8. The van der Waals surface area contributed by atoms with E-state index in [1.54, 1.807) is 23.9 Å². The molecule has 7 nitrogen and oxygen atoms in total. The molecule has 0 spiro atoms. The van der Waals surface area contributed by atoms with Crippen molar-refractivity contribution in [2.75, 3.05) is 19.6 Å². The number of phenolic OH excluding ortho intramolecular Hbond substituents is 1. The van der Waals surface area contributed by atoms with E-state index < -0.39 is 11.9 Å². The molecule has 0 amide bonds. The van der Waals surface area contributed by atoms with Gasteiger partial charge < -0.3 is 20.1 Å². The number of hydrogen-bond acceptors (Lipinski definition) is 6. The van der Waals surface area contributed by atoms with Crippen molar-refractivity contribution in [2.45, 2.75) is 28.7 Å². The fraction of sp³-hybridized carbons (Fsp3) is 0.304. The predicted octanol–water partition coefficient (Wildman–Crippen LogP) is 3.73. The minimum absolute atomic E-state index is 0.301. The lowest BCUT2D eigenvalue weighted by molar-refractivity contribution is -0.134. The lowest BCUT2D eigenvalue weighted by Gasteiger charge is -2.44. The van der Waals surface area contributed by atoms with E-state index >= 15 is 0 Å². The molecule has 3 fully saturated rings. The summed E-state index contributed by atoms with van der Waals surface area (Å²) in [6.07, 6.45) is 4.02. The number of ether oxygens (including phenoxy) is 1. The zero-order chi connectivity index (χ0) is 22.2. The third-order valence-corrected chi connectivity index (χ3v) is 6.16. The number of phenols is 1. The maximum absolute atomic E-state index is 9.55. The average molecular weight is 444 g/mol. The number of hydrogen-bond donors (Lipinski definition) is 3. The molecule has 3 N–H and O–H groups in total. The Bertz CT molecular complexity index is 889. The van der Waals surface area contributed by atoms with Crippen molar-refractivity contribution < 1.29 is 29.6 Å². The van der Waals surface area contributed by atoms with Gasteiger partial charge in [0.15, 0.2) is 0 Å². The van der Waals surface area contributed by atoms with Crippen LogP contribution in [0.15, 0.2) is 70.5 Å². The molecule has 0 unspecified atom stereocenters. The predicted molar refractivity (Wildman–Crippen MR) is 117 cm³/mol. The number of rotatable bonds is 6. The summed E-state index contributed by atoms with van der Waals surface area (Å²) in [5, 5.41) is 25.0. The summed E-state index contributed by atoms with van der Waals surface area (Å²) in [5.41, 5.74) is 0. The second-order valence-electron chi connectivity index (χ2n) is 7.37. The molecule has 1 atom stereocenters. The van der Waals surface area contributed by atoms with E-state index in [0.29, 0.717) is 24.0 Å². The Kier molecular flexibility index (Phi) is 7.97. The Morgan fingerprint density at radius 2 is 1.42 bits per heavy atom. The van der Waals surface area contributed by atoms with Crippen LogP contribution < -0.4 is 4.74 Å². The molecular weight excluding hydrogens is 418 g/mol. The van der Waals surface area contributed by atoms with Crippen LogP contribution >= 0.6 is 11.8 Å². The Balaban J connectivity index is 0.000000293. The van der Waals surface area contributed by atoms with E-state index in [1.807, 2.05) is 12.1 Å². The minimum Gasteiger partial charge on any atom is -0.508 e. The molecule has 3 aliphatic heterocycles. The number of aliphatic carboxylic acids is 2. The standard InChI is InChI=1S/C19H21NO2S.C4H4O4/c21-15-1-5-17(6-2-15)23-18-7-3-16(4-8-18)22-19-13-20-11-9-14(19)10-12-20;5-3(6)1-2-4(7)8/h1-8,14,19,21H,9-13H2;1-2H,(H,5,6)(H,7,8)/b;2-1+/t19-;/m0./s1. The van der Waals surface area contributed by atoms with E-state index in [-0.39, 0.29) is 0 Å². The van der Waals surface area contributed by atoms with E-state index in [0.717, 1.165) is 23.1 Å². The number of carbonyl (C=O) groups is 2. The van der Waals surface area contributed by atoms with Crippen molar-refractivity contribution >= 4 is 23.7 Å². The lowest BCUT2D eigenvalue weighted by Crippen LogP contribution is -2.52. The Morgan fingerprint density at radius 1 is 0.903 bits per heavy atom. The van der Waals surface area contributed by atoms with Crippen LogP contribution in [0.3, 0.4) is 0 Å². The highest BCUT2D eigenvalue weighted by Crippen LogP contribution is 2.33. The van der Waals surface area contributed by atoms with Crippen LogP contribution in [0, 0.1) is 5.92 Å². The van der Waals surface area contributed by atoms with Gasteiger partial charge in [-0.25, -0.2) is 9.59 Å². The second kappa shape index (κ2) is 10.9. The summed E-state index contributed by atoms with van der Waals surface area (Å²) >= 11 is 1.69. The molecule has 2 aromatic rings. The molecule has 0 aliphatic carbocycles. The summed E-state index contributed by atoms with van der Waals surface area (Å²) in [6, 6.07) is 15.6. The monoisotopic (exact) mass is 443 g/mol. The van der Waals surface area contributed by atoms with Crippen LogP contribution in [0.2, 0.25) is 0 Å². The van der Waals surface area contributed by atoms with E-state index in [1.165, 1.54) is 30.8 Å². The minimum atomic E-state index is -1.26. The van der Waals surface area contributed by atoms with Gasteiger partial charge in [0, 0.05) is 28.5 Å². The van der Waals surface area contributed by atoms with Crippen molar-refractivity contribution in [2.24, 2.45) is 5.92 Å². The summed E-state index contributed by atoms with van der Waals surface area (Å²) in [5.74, 6) is -0.514. The number of aromatic hydroxyl groups is 1. The van der Waals surface area contributed by atoms with Crippen molar-refractivity contribution in [3.63, 3.8) is 0 Å². The molecule has 0 aromatic heterocycles. The number of carboxylic acid groups (broad SMARTS) is 2. The zero-order valence-corrected chi connectivity index (χ0v) is 17.7. The normalized spacial score (nSPS) is 21.9. The molecule has 5 rings (SSSR count).